The first kappa shape index (κ1) is 22.2. The highest BCUT2D eigenvalue weighted by atomic mass is 16.5. The van der Waals surface area contributed by atoms with Crippen molar-refractivity contribution < 1.29 is 9.30 Å². The van der Waals surface area contributed by atoms with Crippen LogP contribution >= 0.6 is 0 Å². The van der Waals surface area contributed by atoms with Crippen molar-refractivity contribution in [2.45, 2.75) is 103 Å². The number of rotatable bonds is 18. The summed E-state index contributed by atoms with van der Waals surface area (Å²) in [6.45, 7) is 5.00. The Labute approximate surface area is 157 Å². The second-order valence-electron chi connectivity index (χ2n) is 7.32. The summed E-state index contributed by atoms with van der Waals surface area (Å²) in [6, 6.07) is 6.17. The van der Waals surface area contributed by atoms with E-state index in [2.05, 4.69) is 36.0 Å². The molecule has 0 N–H and O–H groups in total. The zero-order valence-corrected chi connectivity index (χ0v) is 16.8. The average Bonchev–Trinajstić information content (AvgIpc) is 2.65. The van der Waals surface area contributed by atoms with Crippen molar-refractivity contribution in [3.05, 3.63) is 30.6 Å². The molecule has 1 aromatic rings. The van der Waals surface area contributed by atoms with Crippen molar-refractivity contribution in [2.75, 3.05) is 13.2 Å². The molecule has 0 bridgehead atoms. The number of nitrogens with zero attached hydrogens (tertiary/aromatic N) is 1. The first-order valence-corrected chi connectivity index (χ1v) is 11.0. The van der Waals surface area contributed by atoms with Crippen molar-refractivity contribution >= 4 is 0 Å². The molecule has 2 heteroatoms. The fraction of sp³-hybridized carbons (Fsp3) is 0.783. The van der Waals surface area contributed by atoms with Gasteiger partial charge in [0.25, 0.3) is 0 Å². The van der Waals surface area contributed by atoms with Gasteiger partial charge in [0.2, 0.25) is 0 Å². The summed E-state index contributed by atoms with van der Waals surface area (Å²) >= 11 is 0. The normalized spacial score (nSPS) is 11.1. The second kappa shape index (κ2) is 17.9. The highest BCUT2D eigenvalue weighted by molar-refractivity contribution is 4.83. The first-order chi connectivity index (χ1) is 12.4. The summed E-state index contributed by atoms with van der Waals surface area (Å²) in [4.78, 5) is 0. The highest BCUT2D eigenvalue weighted by Gasteiger charge is 1.98. The van der Waals surface area contributed by atoms with Gasteiger partial charge in [-0.05, 0) is 6.42 Å². The minimum Gasteiger partial charge on any atom is -0.375 e. The van der Waals surface area contributed by atoms with Crippen LogP contribution in [0.2, 0.25) is 0 Å². The third-order valence-electron chi connectivity index (χ3n) is 4.91. The van der Waals surface area contributed by atoms with E-state index in [1.54, 1.807) is 0 Å². The largest absolute Gasteiger partial charge is 0.375 e. The fourth-order valence-electron chi connectivity index (χ4n) is 3.25. The zero-order chi connectivity index (χ0) is 17.8. The quantitative estimate of drug-likeness (QED) is 0.219. The average molecular weight is 349 g/mol. The standard InChI is InChI=1S/C23H42NO/c1-2-3-4-5-6-7-8-9-10-11-12-13-14-18-22-25-23-21-24-19-16-15-17-20-24/h15-17,19-20H,2-14,18,21-23H2,1H3/q+1. The lowest BCUT2D eigenvalue weighted by Crippen LogP contribution is -2.34. The number of hydrogen-bond donors (Lipinski definition) is 0. The van der Waals surface area contributed by atoms with Crippen LogP contribution in [0.3, 0.4) is 0 Å². The van der Waals surface area contributed by atoms with E-state index in [0.717, 1.165) is 19.8 Å². The predicted octanol–water partition coefficient (Wildman–Crippen LogP) is 6.47. The highest BCUT2D eigenvalue weighted by Crippen LogP contribution is 2.12. The fourth-order valence-corrected chi connectivity index (χ4v) is 3.25. The van der Waals surface area contributed by atoms with Gasteiger partial charge in [-0.25, -0.2) is 4.57 Å². The van der Waals surface area contributed by atoms with Gasteiger partial charge in [0, 0.05) is 18.7 Å². The number of pyridine rings is 1. The predicted molar refractivity (Wildman–Crippen MR) is 108 cm³/mol. The van der Waals surface area contributed by atoms with Crippen molar-refractivity contribution in [3.63, 3.8) is 0 Å². The van der Waals surface area contributed by atoms with Gasteiger partial charge in [-0.2, -0.15) is 0 Å². The third kappa shape index (κ3) is 15.1. The molecule has 0 aliphatic heterocycles. The van der Waals surface area contributed by atoms with Crippen molar-refractivity contribution in [1.29, 1.82) is 0 Å². The van der Waals surface area contributed by atoms with Crippen LogP contribution in [0.4, 0.5) is 0 Å². The van der Waals surface area contributed by atoms with Gasteiger partial charge in [-0.3, -0.25) is 0 Å². The molecular weight excluding hydrogens is 306 g/mol. The first-order valence-electron chi connectivity index (χ1n) is 11.0. The molecule has 0 amide bonds. The van der Waals surface area contributed by atoms with Crippen molar-refractivity contribution in [2.24, 2.45) is 0 Å². The molecule has 0 unspecified atom stereocenters. The third-order valence-corrected chi connectivity index (χ3v) is 4.91. The lowest BCUT2D eigenvalue weighted by atomic mass is 10.0. The summed E-state index contributed by atoms with van der Waals surface area (Å²) in [6.07, 6.45) is 23.9. The minimum absolute atomic E-state index is 0.827. The maximum absolute atomic E-state index is 5.72. The van der Waals surface area contributed by atoms with Crippen molar-refractivity contribution in [3.8, 4) is 0 Å². The maximum atomic E-state index is 5.72. The van der Waals surface area contributed by atoms with Crippen LogP contribution in [0.1, 0.15) is 96.8 Å². The molecule has 25 heavy (non-hydrogen) atoms. The Morgan fingerprint density at radius 3 is 1.56 bits per heavy atom. The molecule has 0 atom stereocenters. The number of unbranched alkanes of at least 4 members (excludes halogenated alkanes) is 13. The molecule has 0 fully saturated rings. The molecule has 0 saturated carbocycles. The van der Waals surface area contributed by atoms with Gasteiger partial charge >= 0.3 is 0 Å². The Hall–Kier alpha value is -0.890. The van der Waals surface area contributed by atoms with Gasteiger partial charge in [0.05, 0.1) is 0 Å². The minimum atomic E-state index is 0.827. The van der Waals surface area contributed by atoms with E-state index in [4.69, 9.17) is 4.74 Å². The monoisotopic (exact) mass is 348 g/mol. The van der Waals surface area contributed by atoms with Crippen LogP contribution in [-0.4, -0.2) is 13.2 Å². The molecule has 1 heterocycles. The topological polar surface area (TPSA) is 13.1 Å². The van der Waals surface area contributed by atoms with Crippen LogP contribution in [0.25, 0.3) is 0 Å². The van der Waals surface area contributed by atoms with Crippen LogP contribution in [0.15, 0.2) is 30.6 Å². The molecule has 0 aliphatic carbocycles. The Kier molecular flexibility index (Phi) is 15.9. The molecular formula is C23H42NO+. The molecule has 144 valence electrons. The van der Waals surface area contributed by atoms with Gasteiger partial charge in [0.1, 0.15) is 6.61 Å². The van der Waals surface area contributed by atoms with Gasteiger partial charge in [0.15, 0.2) is 18.9 Å². The van der Waals surface area contributed by atoms with Gasteiger partial charge < -0.3 is 4.74 Å². The van der Waals surface area contributed by atoms with Crippen LogP contribution in [0.5, 0.6) is 0 Å². The van der Waals surface area contributed by atoms with E-state index in [1.807, 2.05) is 6.07 Å². The maximum Gasteiger partial charge on any atom is 0.171 e. The number of ether oxygens (including phenoxy) is 1. The Bertz CT molecular complexity index is 366. The molecule has 0 radical (unpaired) electrons. The molecule has 0 saturated heterocycles. The van der Waals surface area contributed by atoms with E-state index in [1.165, 1.54) is 89.9 Å². The zero-order valence-electron chi connectivity index (χ0n) is 16.8. The van der Waals surface area contributed by atoms with Crippen LogP contribution in [0, 0.1) is 0 Å². The van der Waals surface area contributed by atoms with Crippen LogP contribution < -0.4 is 4.57 Å². The molecule has 0 aromatic carbocycles. The summed E-state index contributed by atoms with van der Waals surface area (Å²) in [5.41, 5.74) is 0. The SMILES string of the molecule is CCCCCCCCCCCCCCCCOCC[n+]1ccccc1. The lowest BCUT2D eigenvalue weighted by Gasteiger charge is -2.04. The van der Waals surface area contributed by atoms with Crippen molar-refractivity contribution in [1.82, 2.24) is 0 Å². The lowest BCUT2D eigenvalue weighted by molar-refractivity contribution is -0.698. The van der Waals surface area contributed by atoms with E-state index >= 15 is 0 Å². The van der Waals surface area contributed by atoms with E-state index in [-0.39, 0.29) is 0 Å². The van der Waals surface area contributed by atoms with Crippen LogP contribution in [-0.2, 0) is 11.3 Å². The Morgan fingerprint density at radius 1 is 0.560 bits per heavy atom. The Morgan fingerprint density at radius 2 is 1.04 bits per heavy atom. The molecule has 1 aromatic heterocycles. The molecule has 0 spiro atoms. The van der Waals surface area contributed by atoms with E-state index < -0.39 is 0 Å². The van der Waals surface area contributed by atoms with E-state index in [9.17, 15) is 0 Å². The molecule has 1 rings (SSSR count). The smallest absolute Gasteiger partial charge is 0.171 e. The number of aromatic nitrogens is 1. The summed E-state index contributed by atoms with van der Waals surface area (Å²) in [5.74, 6) is 0. The summed E-state index contributed by atoms with van der Waals surface area (Å²) in [5, 5.41) is 0. The second-order valence-corrected chi connectivity index (χ2v) is 7.32. The number of hydrogen-bond acceptors (Lipinski definition) is 1. The summed E-state index contributed by atoms with van der Waals surface area (Å²) in [7, 11) is 0. The van der Waals surface area contributed by atoms with Gasteiger partial charge in [-0.15, -0.1) is 0 Å². The van der Waals surface area contributed by atoms with E-state index in [0.29, 0.717) is 0 Å². The Balaban J connectivity index is 1.69. The summed E-state index contributed by atoms with van der Waals surface area (Å²) < 4.78 is 7.90. The van der Waals surface area contributed by atoms with Gasteiger partial charge in [-0.1, -0.05) is 96.5 Å². The molecule has 0 aliphatic rings. The molecule has 2 nitrogen and oxygen atoms in total.